The van der Waals surface area contributed by atoms with Gasteiger partial charge in [0, 0.05) is 31.5 Å². The maximum absolute atomic E-state index is 5.95. The molecule has 1 aromatic carbocycles. The van der Waals surface area contributed by atoms with Gasteiger partial charge < -0.3 is 15.4 Å². The van der Waals surface area contributed by atoms with Crippen LogP contribution in [-0.4, -0.2) is 25.7 Å². The second kappa shape index (κ2) is 6.39. The van der Waals surface area contributed by atoms with Crippen molar-refractivity contribution in [3.05, 3.63) is 53.7 Å². The van der Waals surface area contributed by atoms with Crippen LogP contribution in [0.5, 0.6) is 5.88 Å². The van der Waals surface area contributed by atoms with Crippen molar-refractivity contribution in [2.45, 2.75) is 13.0 Å². The Morgan fingerprint density at radius 3 is 2.65 bits per heavy atom. The molecule has 1 aromatic heterocycles. The van der Waals surface area contributed by atoms with E-state index < -0.39 is 0 Å². The van der Waals surface area contributed by atoms with Gasteiger partial charge in [-0.1, -0.05) is 18.2 Å². The number of rotatable bonds is 5. The van der Waals surface area contributed by atoms with Crippen molar-refractivity contribution in [3.63, 3.8) is 0 Å². The van der Waals surface area contributed by atoms with Crippen LogP contribution < -0.4 is 15.4 Å². The van der Waals surface area contributed by atoms with Crippen LogP contribution in [-0.2, 0) is 0 Å². The van der Waals surface area contributed by atoms with Gasteiger partial charge in [0.25, 0.3) is 0 Å². The zero-order chi connectivity index (χ0) is 14.5. The molecule has 4 heteroatoms. The molecule has 0 saturated heterocycles. The van der Waals surface area contributed by atoms with Crippen molar-refractivity contribution in [1.82, 2.24) is 4.98 Å². The van der Waals surface area contributed by atoms with Gasteiger partial charge in [0.2, 0.25) is 5.88 Å². The lowest BCUT2D eigenvalue weighted by Crippen LogP contribution is -2.30. The lowest BCUT2D eigenvalue weighted by molar-refractivity contribution is 0.397. The van der Waals surface area contributed by atoms with E-state index in [2.05, 4.69) is 48.1 Å². The minimum Gasteiger partial charge on any atom is -0.481 e. The Balaban J connectivity index is 2.26. The van der Waals surface area contributed by atoms with Crippen molar-refractivity contribution in [3.8, 4) is 5.88 Å². The number of aromatic nitrogens is 1. The summed E-state index contributed by atoms with van der Waals surface area (Å²) in [7, 11) is 3.66. The molecular formula is C16H21N3O. The minimum atomic E-state index is 0.0928. The normalized spacial score (nSPS) is 12.0. The summed E-state index contributed by atoms with van der Waals surface area (Å²) in [5.74, 6) is 0.614. The largest absolute Gasteiger partial charge is 0.481 e. The number of hydrogen-bond donors (Lipinski definition) is 1. The summed E-state index contributed by atoms with van der Waals surface area (Å²) in [6, 6.07) is 12.4. The molecule has 0 saturated carbocycles. The van der Waals surface area contributed by atoms with Gasteiger partial charge in [0.1, 0.15) is 0 Å². The van der Waals surface area contributed by atoms with Crippen LogP contribution in [0.25, 0.3) is 0 Å². The number of ether oxygens (including phenoxy) is 1. The molecule has 1 heterocycles. The van der Waals surface area contributed by atoms with Gasteiger partial charge in [-0.25, -0.2) is 4.98 Å². The smallest absolute Gasteiger partial charge is 0.212 e. The minimum absolute atomic E-state index is 0.0928. The Morgan fingerprint density at radius 1 is 1.30 bits per heavy atom. The Bertz CT molecular complexity index is 554. The molecule has 0 aliphatic heterocycles. The van der Waals surface area contributed by atoms with Crippen molar-refractivity contribution in [2.24, 2.45) is 5.73 Å². The second-order valence-electron chi connectivity index (χ2n) is 4.84. The molecule has 4 nitrogen and oxygen atoms in total. The van der Waals surface area contributed by atoms with Crippen LogP contribution in [0.4, 0.5) is 5.69 Å². The lowest BCUT2D eigenvalue weighted by Gasteiger charge is -2.29. The van der Waals surface area contributed by atoms with Crippen LogP contribution in [0, 0.1) is 6.92 Å². The van der Waals surface area contributed by atoms with E-state index in [0.717, 1.165) is 11.3 Å². The molecule has 2 rings (SSSR count). The van der Waals surface area contributed by atoms with E-state index in [1.165, 1.54) is 5.56 Å². The Hall–Kier alpha value is -2.07. The fraction of sp³-hybridized carbons (Fsp3) is 0.312. The monoisotopic (exact) mass is 271 g/mol. The highest BCUT2D eigenvalue weighted by Gasteiger charge is 2.16. The van der Waals surface area contributed by atoms with E-state index in [4.69, 9.17) is 10.5 Å². The molecule has 0 radical (unpaired) electrons. The van der Waals surface area contributed by atoms with Gasteiger partial charge in [-0.2, -0.15) is 0 Å². The van der Waals surface area contributed by atoms with Gasteiger partial charge in [0.05, 0.1) is 13.2 Å². The lowest BCUT2D eigenvalue weighted by atomic mass is 10.1. The summed E-state index contributed by atoms with van der Waals surface area (Å²) in [5, 5.41) is 0. The van der Waals surface area contributed by atoms with Crippen molar-refractivity contribution < 1.29 is 4.74 Å². The average molecular weight is 271 g/mol. The average Bonchev–Trinajstić information content (AvgIpc) is 2.48. The fourth-order valence-corrected chi connectivity index (χ4v) is 2.25. The molecule has 1 unspecified atom stereocenters. The van der Waals surface area contributed by atoms with Crippen LogP contribution in [0.3, 0.4) is 0 Å². The molecule has 0 fully saturated rings. The maximum atomic E-state index is 5.95. The number of pyridine rings is 1. The predicted molar refractivity (Wildman–Crippen MR) is 82.2 cm³/mol. The topological polar surface area (TPSA) is 51.4 Å². The highest BCUT2D eigenvalue weighted by Crippen LogP contribution is 2.25. The zero-order valence-corrected chi connectivity index (χ0v) is 12.2. The standard InChI is InChI=1S/C16H21N3O/c1-12-5-4-6-14(9-12)19(2)15(10-17)13-7-8-16(20-3)18-11-13/h4-9,11,15H,10,17H2,1-3H3. The first-order valence-electron chi connectivity index (χ1n) is 6.65. The predicted octanol–water partition coefficient (Wildman–Crippen LogP) is 2.53. The van der Waals surface area contributed by atoms with Gasteiger partial charge >= 0.3 is 0 Å². The molecule has 1 atom stereocenters. The molecule has 0 spiro atoms. The summed E-state index contributed by atoms with van der Waals surface area (Å²) < 4.78 is 5.09. The molecule has 0 bridgehead atoms. The van der Waals surface area contributed by atoms with E-state index in [-0.39, 0.29) is 6.04 Å². The third-order valence-corrected chi connectivity index (χ3v) is 3.45. The Kier molecular flexibility index (Phi) is 4.58. The van der Waals surface area contributed by atoms with E-state index in [1.807, 2.05) is 18.3 Å². The van der Waals surface area contributed by atoms with Gasteiger partial charge in [-0.15, -0.1) is 0 Å². The number of aryl methyl sites for hydroxylation is 1. The molecule has 2 aromatic rings. The summed E-state index contributed by atoms with van der Waals surface area (Å²) in [6.45, 7) is 2.61. The molecular weight excluding hydrogens is 250 g/mol. The highest BCUT2D eigenvalue weighted by atomic mass is 16.5. The number of benzene rings is 1. The van der Waals surface area contributed by atoms with Crippen LogP contribution in [0.2, 0.25) is 0 Å². The van der Waals surface area contributed by atoms with E-state index in [9.17, 15) is 0 Å². The van der Waals surface area contributed by atoms with E-state index in [1.54, 1.807) is 7.11 Å². The number of hydrogen-bond acceptors (Lipinski definition) is 4. The zero-order valence-electron chi connectivity index (χ0n) is 12.2. The molecule has 20 heavy (non-hydrogen) atoms. The molecule has 0 aliphatic carbocycles. The van der Waals surface area contributed by atoms with Gasteiger partial charge in [-0.05, 0) is 30.2 Å². The van der Waals surface area contributed by atoms with Crippen LogP contribution >= 0.6 is 0 Å². The SMILES string of the molecule is COc1ccc(C(CN)N(C)c2cccc(C)c2)cn1. The molecule has 0 amide bonds. The Morgan fingerprint density at radius 2 is 2.10 bits per heavy atom. The first kappa shape index (κ1) is 14.3. The number of likely N-dealkylation sites (N-methyl/N-ethyl adjacent to an activating group) is 1. The summed E-state index contributed by atoms with van der Waals surface area (Å²) >= 11 is 0. The number of nitrogens with two attached hydrogens (primary N) is 1. The van der Waals surface area contributed by atoms with Crippen molar-refractivity contribution in [1.29, 1.82) is 0 Å². The Labute approximate surface area is 120 Å². The van der Waals surface area contributed by atoms with Crippen molar-refractivity contribution in [2.75, 3.05) is 25.6 Å². The molecule has 0 aliphatic rings. The van der Waals surface area contributed by atoms with Crippen LogP contribution in [0.1, 0.15) is 17.2 Å². The number of methoxy groups -OCH3 is 1. The van der Waals surface area contributed by atoms with Gasteiger partial charge in [-0.3, -0.25) is 0 Å². The number of nitrogens with zero attached hydrogens (tertiary/aromatic N) is 2. The molecule has 106 valence electrons. The van der Waals surface area contributed by atoms with Crippen LogP contribution in [0.15, 0.2) is 42.6 Å². The second-order valence-corrected chi connectivity index (χ2v) is 4.84. The summed E-state index contributed by atoms with van der Waals surface area (Å²) in [6.07, 6.45) is 1.82. The third-order valence-electron chi connectivity index (χ3n) is 3.45. The first-order chi connectivity index (χ1) is 9.65. The molecule has 2 N–H and O–H groups in total. The summed E-state index contributed by atoms with van der Waals surface area (Å²) in [5.41, 5.74) is 9.42. The quantitative estimate of drug-likeness (QED) is 0.908. The third kappa shape index (κ3) is 3.08. The van der Waals surface area contributed by atoms with Crippen molar-refractivity contribution >= 4 is 5.69 Å². The highest BCUT2D eigenvalue weighted by molar-refractivity contribution is 5.50. The summed E-state index contributed by atoms with van der Waals surface area (Å²) in [4.78, 5) is 6.43. The fourth-order valence-electron chi connectivity index (χ4n) is 2.25. The van der Waals surface area contributed by atoms with Gasteiger partial charge in [0.15, 0.2) is 0 Å². The number of anilines is 1. The maximum Gasteiger partial charge on any atom is 0.212 e. The first-order valence-corrected chi connectivity index (χ1v) is 6.65. The van der Waals surface area contributed by atoms with E-state index in [0.29, 0.717) is 12.4 Å². The van der Waals surface area contributed by atoms with E-state index >= 15 is 0 Å².